The summed E-state index contributed by atoms with van der Waals surface area (Å²) in [5.74, 6) is -0.727. The quantitative estimate of drug-likeness (QED) is 0.493. The first kappa shape index (κ1) is 22.7. The van der Waals surface area contributed by atoms with Gasteiger partial charge in [-0.05, 0) is 25.0 Å². The van der Waals surface area contributed by atoms with Gasteiger partial charge in [0.1, 0.15) is 6.04 Å². The fourth-order valence-corrected chi connectivity index (χ4v) is 4.17. The van der Waals surface area contributed by atoms with Gasteiger partial charge in [0.15, 0.2) is 0 Å². The van der Waals surface area contributed by atoms with Crippen LogP contribution in [0.5, 0.6) is 0 Å². The summed E-state index contributed by atoms with van der Waals surface area (Å²) in [5.41, 5.74) is -0.00854. The van der Waals surface area contributed by atoms with Crippen molar-refractivity contribution in [1.82, 2.24) is 0 Å². The summed E-state index contributed by atoms with van der Waals surface area (Å²) in [6.07, 6.45) is 0.949. The molecule has 2 aromatic carbocycles. The summed E-state index contributed by atoms with van der Waals surface area (Å²) in [6.45, 7) is 3.16. The van der Waals surface area contributed by atoms with Crippen LogP contribution < -0.4 is 9.62 Å². The molecule has 2 rings (SSSR count). The number of nitrogens with zero attached hydrogens (tertiary/aromatic N) is 3. The molecule has 11 nitrogen and oxygen atoms in total. The van der Waals surface area contributed by atoms with Crippen molar-refractivity contribution in [1.29, 1.82) is 0 Å². The zero-order valence-corrected chi connectivity index (χ0v) is 17.3. The van der Waals surface area contributed by atoms with Crippen molar-refractivity contribution in [3.05, 3.63) is 68.3 Å². The van der Waals surface area contributed by atoms with Gasteiger partial charge in [0.05, 0.1) is 21.8 Å². The molecule has 1 atom stereocenters. The maximum absolute atomic E-state index is 12.9. The van der Waals surface area contributed by atoms with Crippen molar-refractivity contribution in [2.75, 3.05) is 15.9 Å². The number of carbonyl (C=O) groups is 1. The lowest BCUT2D eigenvalue weighted by Gasteiger charge is -2.31. The number of nitrogens with one attached hydrogen (secondary N) is 1. The maximum Gasteiger partial charge on any atom is 0.271 e. The van der Waals surface area contributed by atoms with Crippen LogP contribution in [0.25, 0.3) is 0 Å². The van der Waals surface area contributed by atoms with Crippen LogP contribution >= 0.6 is 0 Å². The molecule has 0 aromatic heterocycles. The highest BCUT2D eigenvalue weighted by Gasteiger charge is 2.33. The van der Waals surface area contributed by atoms with Crippen LogP contribution in [0.15, 0.2) is 42.5 Å². The Morgan fingerprint density at radius 1 is 1.10 bits per heavy atom. The van der Waals surface area contributed by atoms with Crippen LogP contribution in [0.1, 0.15) is 18.9 Å². The van der Waals surface area contributed by atoms with Gasteiger partial charge in [-0.15, -0.1) is 0 Å². The number of sulfonamides is 1. The first-order chi connectivity index (χ1) is 14.0. The highest BCUT2D eigenvalue weighted by molar-refractivity contribution is 7.92. The van der Waals surface area contributed by atoms with E-state index in [1.165, 1.54) is 30.3 Å². The van der Waals surface area contributed by atoms with E-state index in [2.05, 4.69) is 5.32 Å². The Kier molecular flexibility index (Phi) is 6.72. The van der Waals surface area contributed by atoms with Crippen molar-refractivity contribution >= 4 is 38.7 Å². The lowest BCUT2D eigenvalue weighted by atomic mass is 10.1. The second-order valence-corrected chi connectivity index (χ2v) is 8.37. The van der Waals surface area contributed by atoms with E-state index in [0.29, 0.717) is 5.56 Å². The topological polar surface area (TPSA) is 153 Å². The molecule has 2 aromatic rings. The minimum Gasteiger partial charge on any atom is -0.324 e. The fourth-order valence-electron chi connectivity index (χ4n) is 2.91. The standard InChI is InChI=1S/C18H20N4O7S/c1-4-16(18(23)19-13-6-5-7-14(10-13)21(24)25)20(30(3,28)29)17-11-15(22(26)27)9-8-12(17)2/h5-11,16H,4H2,1-3H3,(H,19,23)/t16-/m1/s1. The van der Waals surface area contributed by atoms with Gasteiger partial charge in [0.2, 0.25) is 15.9 Å². The zero-order chi connectivity index (χ0) is 22.6. The molecule has 0 bridgehead atoms. The van der Waals surface area contributed by atoms with E-state index in [-0.39, 0.29) is 29.2 Å². The Labute approximate surface area is 172 Å². The molecule has 0 heterocycles. The Hall–Kier alpha value is -3.54. The van der Waals surface area contributed by atoms with Crippen LogP contribution in [0, 0.1) is 27.2 Å². The molecule has 0 saturated carbocycles. The van der Waals surface area contributed by atoms with Crippen molar-refractivity contribution in [2.45, 2.75) is 26.3 Å². The van der Waals surface area contributed by atoms with Crippen molar-refractivity contribution in [3.63, 3.8) is 0 Å². The molecule has 0 fully saturated rings. The molecule has 0 aliphatic rings. The fraction of sp³-hybridized carbons (Fsp3) is 0.278. The highest BCUT2D eigenvalue weighted by Crippen LogP contribution is 2.30. The van der Waals surface area contributed by atoms with E-state index in [1.807, 2.05) is 0 Å². The number of carbonyl (C=O) groups excluding carboxylic acids is 1. The number of amides is 1. The Morgan fingerprint density at radius 3 is 2.23 bits per heavy atom. The molecular formula is C18H20N4O7S. The average Bonchev–Trinajstić information content (AvgIpc) is 2.65. The van der Waals surface area contributed by atoms with Crippen molar-refractivity contribution < 1.29 is 23.1 Å². The molecular weight excluding hydrogens is 416 g/mol. The number of non-ortho nitro benzene ring substituents is 2. The number of anilines is 2. The number of rotatable bonds is 8. The minimum absolute atomic E-state index is 0.00717. The third-order valence-corrected chi connectivity index (χ3v) is 5.46. The average molecular weight is 436 g/mol. The summed E-state index contributed by atoms with van der Waals surface area (Å²) >= 11 is 0. The Bertz CT molecular complexity index is 1100. The van der Waals surface area contributed by atoms with Gasteiger partial charge in [0, 0.05) is 30.0 Å². The smallest absolute Gasteiger partial charge is 0.271 e. The molecule has 0 unspecified atom stereocenters. The Balaban J connectivity index is 2.49. The predicted molar refractivity (Wildman–Crippen MR) is 111 cm³/mol. The summed E-state index contributed by atoms with van der Waals surface area (Å²) in [7, 11) is -4.01. The molecule has 30 heavy (non-hydrogen) atoms. The van der Waals surface area contributed by atoms with E-state index in [1.54, 1.807) is 13.8 Å². The number of nitro groups is 2. The third-order valence-electron chi connectivity index (χ3n) is 4.30. The van der Waals surface area contributed by atoms with E-state index in [9.17, 15) is 33.4 Å². The van der Waals surface area contributed by atoms with E-state index in [4.69, 9.17) is 0 Å². The largest absolute Gasteiger partial charge is 0.324 e. The number of benzene rings is 2. The van der Waals surface area contributed by atoms with E-state index in [0.717, 1.165) is 22.7 Å². The lowest BCUT2D eigenvalue weighted by molar-refractivity contribution is -0.385. The minimum atomic E-state index is -4.01. The number of nitro benzene ring substituents is 2. The monoisotopic (exact) mass is 436 g/mol. The van der Waals surface area contributed by atoms with Crippen LogP contribution in [0.3, 0.4) is 0 Å². The number of hydrogen-bond acceptors (Lipinski definition) is 7. The summed E-state index contributed by atoms with van der Waals surface area (Å²) in [5, 5.41) is 24.6. The maximum atomic E-state index is 12.9. The van der Waals surface area contributed by atoms with Crippen LogP contribution in [0.4, 0.5) is 22.7 Å². The molecule has 0 saturated heterocycles. The zero-order valence-electron chi connectivity index (χ0n) is 16.4. The second kappa shape index (κ2) is 8.86. The van der Waals surface area contributed by atoms with Gasteiger partial charge in [0.25, 0.3) is 11.4 Å². The molecule has 0 aliphatic carbocycles. The third kappa shape index (κ3) is 5.08. The van der Waals surface area contributed by atoms with E-state index < -0.39 is 31.8 Å². The van der Waals surface area contributed by atoms with Gasteiger partial charge in [-0.25, -0.2) is 8.42 Å². The molecule has 12 heteroatoms. The van der Waals surface area contributed by atoms with Crippen LogP contribution in [-0.4, -0.2) is 36.5 Å². The molecule has 1 N–H and O–H groups in total. The van der Waals surface area contributed by atoms with Gasteiger partial charge in [-0.3, -0.25) is 29.3 Å². The summed E-state index contributed by atoms with van der Waals surface area (Å²) in [4.78, 5) is 33.7. The van der Waals surface area contributed by atoms with Gasteiger partial charge in [-0.1, -0.05) is 19.1 Å². The highest BCUT2D eigenvalue weighted by atomic mass is 32.2. The van der Waals surface area contributed by atoms with Gasteiger partial charge in [-0.2, -0.15) is 0 Å². The molecule has 160 valence electrons. The van der Waals surface area contributed by atoms with Crippen LogP contribution in [0.2, 0.25) is 0 Å². The van der Waals surface area contributed by atoms with Crippen molar-refractivity contribution in [3.8, 4) is 0 Å². The number of aryl methyl sites for hydroxylation is 1. The normalized spacial score (nSPS) is 12.1. The molecule has 0 radical (unpaired) electrons. The first-order valence-electron chi connectivity index (χ1n) is 8.75. The van der Waals surface area contributed by atoms with Crippen LogP contribution in [-0.2, 0) is 14.8 Å². The lowest BCUT2D eigenvalue weighted by Crippen LogP contribution is -2.47. The Morgan fingerprint density at radius 2 is 1.70 bits per heavy atom. The molecule has 0 spiro atoms. The van der Waals surface area contributed by atoms with Crippen molar-refractivity contribution in [2.24, 2.45) is 0 Å². The first-order valence-corrected chi connectivity index (χ1v) is 10.6. The summed E-state index contributed by atoms with van der Waals surface area (Å²) < 4.78 is 25.9. The van der Waals surface area contributed by atoms with E-state index >= 15 is 0 Å². The van der Waals surface area contributed by atoms with Gasteiger partial charge >= 0.3 is 0 Å². The summed E-state index contributed by atoms with van der Waals surface area (Å²) in [6, 6.07) is 7.71. The SMILES string of the molecule is CC[C@H](C(=O)Nc1cccc([N+](=O)[O-])c1)N(c1cc([N+](=O)[O-])ccc1C)S(C)(=O)=O. The molecule has 1 amide bonds. The van der Waals surface area contributed by atoms with Gasteiger partial charge < -0.3 is 5.32 Å². The number of hydrogen-bond donors (Lipinski definition) is 1. The second-order valence-electron chi connectivity index (χ2n) is 6.51. The predicted octanol–water partition coefficient (Wildman–Crippen LogP) is 2.99. The molecule has 0 aliphatic heterocycles.